The highest BCUT2D eigenvalue weighted by Gasteiger charge is 2.13. The second-order valence-corrected chi connectivity index (χ2v) is 4.72. The Hall–Kier alpha value is -0.900. The third kappa shape index (κ3) is 3.93. The van der Waals surface area contributed by atoms with Crippen LogP contribution >= 0.6 is 0 Å². The van der Waals surface area contributed by atoms with Gasteiger partial charge in [-0.1, -0.05) is 20.8 Å². The summed E-state index contributed by atoms with van der Waals surface area (Å²) in [5.74, 6) is 1.81. The van der Waals surface area contributed by atoms with Gasteiger partial charge in [0.1, 0.15) is 12.2 Å². The Balaban J connectivity index is 2.58. The van der Waals surface area contributed by atoms with E-state index in [1.807, 2.05) is 11.7 Å². The molecule has 0 radical (unpaired) electrons. The molecule has 0 saturated heterocycles. The molecule has 1 unspecified atom stereocenters. The van der Waals surface area contributed by atoms with Gasteiger partial charge in [0, 0.05) is 19.0 Å². The number of likely N-dealkylation sites (N-methyl/N-ethyl adjacent to an activating group) is 1. The van der Waals surface area contributed by atoms with Gasteiger partial charge in [-0.15, -0.1) is 0 Å². The highest BCUT2D eigenvalue weighted by Crippen LogP contribution is 2.09. The van der Waals surface area contributed by atoms with Crippen molar-refractivity contribution in [3.05, 3.63) is 12.2 Å². The van der Waals surface area contributed by atoms with Gasteiger partial charge in [0.15, 0.2) is 0 Å². The summed E-state index contributed by atoms with van der Waals surface area (Å²) in [5.41, 5.74) is 0. The van der Waals surface area contributed by atoms with E-state index in [4.69, 9.17) is 0 Å². The van der Waals surface area contributed by atoms with E-state index in [1.54, 1.807) is 6.33 Å². The van der Waals surface area contributed by atoms with Gasteiger partial charge in [0.25, 0.3) is 0 Å². The van der Waals surface area contributed by atoms with Crippen LogP contribution < -0.4 is 5.32 Å². The molecule has 0 spiro atoms. The summed E-state index contributed by atoms with van der Waals surface area (Å²) in [5, 5.41) is 7.61. The number of nitrogens with zero attached hydrogens (tertiary/aromatic N) is 3. The summed E-state index contributed by atoms with van der Waals surface area (Å²) >= 11 is 0. The SMILES string of the molecule is CCCn1ncnc1CC(CC(C)C)NC. The van der Waals surface area contributed by atoms with Gasteiger partial charge < -0.3 is 5.32 Å². The van der Waals surface area contributed by atoms with Crippen LogP contribution in [0.2, 0.25) is 0 Å². The first-order valence-corrected chi connectivity index (χ1v) is 6.21. The lowest BCUT2D eigenvalue weighted by atomic mass is 10.0. The Bertz CT molecular complexity index is 293. The summed E-state index contributed by atoms with van der Waals surface area (Å²) < 4.78 is 2.02. The number of aromatic nitrogens is 3. The number of hydrogen-bond donors (Lipinski definition) is 1. The van der Waals surface area contributed by atoms with Crippen LogP contribution in [-0.4, -0.2) is 27.9 Å². The predicted octanol–water partition coefficient (Wildman–Crippen LogP) is 1.86. The second kappa shape index (κ2) is 6.63. The van der Waals surface area contributed by atoms with E-state index < -0.39 is 0 Å². The molecule has 1 atom stereocenters. The van der Waals surface area contributed by atoms with Gasteiger partial charge in [0.05, 0.1) is 0 Å². The Morgan fingerprint density at radius 1 is 1.44 bits per heavy atom. The number of rotatable bonds is 7. The molecule has 1 N–H and O–H groups in total. The molecule has 0 aromatic carbocycles. The zero-order valence-electron chi connectivity index (χ0n) is 10.9. The normalized spacial score (nSPS) is 13.3. The number of aryl methyl sites for hydroxylation is 1. The quantitative estimate of drug-likeness (QED) is 0.769. The zero-order valence-corrected chi connectivity index (χ0v) is 10.9. The molecule has 1 rings (SSSR count). The van der Waals surface area contributed by atoms with Crippen LogP contribution in [-0.2, 0) is 13.0 Å². The minimum atomic E-state index is 0.500. The molecule has 4 nitrogen and oxygen atoms in total. The van der Waals surface area contributed by atoms with E-state index in [2.05, 4.69) is 36.2 Å². The molecule has 4 heteroatoms. The maximum absolute atomic E-state index is 4.34. The molecule has 0 aliphatic rings. The van der Waals surface area contributed by atoms with Crippen LogP contribution in [0.15, 0.2) is 6.33 Å². The van der Waals surface area contributed by atoms with Crippen molar-refractivity contribution >= 4 is 0 Å². The van der Waals surface area contributed by atoms with Crippen LogP contribution in [0.3, 0.4) is 0 Å². The van der Waals surface area contributed by atoms with Crippen molar-refractivity contribution in [3.63, 3.8) is 0 Å². The molecule has 1 aromatic rings. The molecule has 0 aliphatic heterocycles. The highest BCUT2D eigenvalue weighted by molar-refractivity contribution is 4.89. The summed E-state index contributed by atoms with van der Waals surface area (Å²) in [4.78, 5) is 4.34. The second-order valence-electron chi connectivity index (χ2n) is 4.72. The van der Waals surface area contributed by atoms with Gasteiger partial charge in [-0.2, -0.15) is 5.10 Å². The van der Waals surface area contributed by atoms with E-state index in [9.17, 15) is 0 Å². The van der Waals surface area contributed by atoms with Crippen molar-refractivity contribution < 1.29 is 0 Å². The first kappa shape index (κ1) is 13.2. The monoisotopic (exact) mass is 224 g/mol. The van der Waals surface area contributed by atoms with Crippen LogP contribution in [0.4, 0.5) is 0 Å². The topological polar surface area (TPSA) is 42.7 Å². The average molecular weight is 224 g/mol. The molecule has 0 saturated carbocycles. The molecule has 0 aliphatic carbocycles. The molecule has 0 fully saturated rings. The molecule has 92 valence electrons. The molecule has 0 amide bonds. The summed E-state index contributed by atoms with van der Waals surface area (Å²) in [6.45, 7) is 7.63. The van der Waals surface area contributed by atoms with Crippen LogP contribution in [0.25, 0.3) is 0 Å². The molecule has 0 bridgehead atoms. The van der Waals surface area contributed by atoms with Crippen molar-refractivity contribution in [2.75, 3.05) is 7.05 Å². The first-order chi connectivity index (χ1) is 7.67. The standard InChI is InChI=1S/C12H24N4/c1-5-6-16-12(14-9-15-16)8-11(13-4)7-10(2)3/h9-11,13H,5-8H2,1-4H3. The third-order valence-corrected chi connectivity index (χ3v) is 2.72. The average Bonchev–Trinajstić information content (AvgIpc) is 2.65. The van der Waals surface area contributed by atoms with Crippen molar-refractivity contribution in [1.29, 1.82) is 0 Å². The summed E-state index contributed by atoms with van der Waals surface area (Å²) in [6, 6.07) is 0.500. The largest absolute Gasteiger partial charge is 0.317 e. The minimum Gasteiger partial charge on any atom is -0.317 e. The smallest absolute Gasteiger partial charge is 0.138 e. The molecule has 1 aromatic heterocycles. The molecular formula is C12H24N4. The van der Waals surface area contributed by atoms with Crippen molar-refractivity contribution in [2.45, 2.75) is 52.6 Å². The first-order valence-electron chi connectivity index (χ1n) is 6.21. The zero-order chi connectivity index (χ0) is 12.0. The molecular weight excluding hydrogens is 200 g/mol. The van der Waals surface area contributed by atoms with Gasteiger partial charge in [0.2, 0.25) is 0 Å². The van der Waals surface area contributed by atoms with Gasteiger partial charge >= 0.3 is 0 Å². The minimum absolute atomic E-state index is 0.500. The van der Waals surface area contributed by atoms with E-state index in [0.29, 0.717) is 12.0 Å². The molecule has 16 heavy (non-hydrogen) atoms. The Labute approximate surface area is 98.5 Å². The van der Waals surface area contributed by atoms with Crippen molar-refractivity contribution in [3.8, 4) is 0 Å². The maximum Gasteiger partial charge on any atom is 0.138 e. The van der Waals surface area contributed by atoms with E-state index in [-0.39, 0.29) is 0 Å². The van der Waals surface area contributed by atoms with Gasteiger partial charge in [-0.25, -0.2) is 4.98 Å². The number of nitrogens with one attached hydrogen (secondary N) is 1. The Kier molecular flexibility index (Phi) is 5.46. The number of hydrogen-bond acceptors (Lipinski definition) is 3. The van der Waals surface area contributed by atoms with Crippen molar-refractivity contribution in [1.82, 2.24) is 20.1 Å². The predicted molar refractivity (Wildman–Crippen MR) is 66.3 cm³/mol. The highest BCUT2D eigenvalue weighted by atomic mass is 15.3. The van der Waals surface area contributed by atoms with Crippen LogP contribution in [0.1, 0.15) is 39.4 Å². The Morgan fingerprint density at radius 3 is 2.75 bits per heavy atom. The fraction of sp³-hybridized carbons (Fsp3) is 0.833. The van der Waals surface area contributed by atoms with Crippen LogP contribution in [0, 0.1) is 5.92 Å². The summed E-state index contributed by atoms with van der Waals surface area (Å²) in [6.07, 6.45) is 4.90. The lowest BCUT2D eigenvalue weighted by Gasteiger charge is -2.18. The lowest BCUT2D eigenvalue weighted by Crippen LogP contribution is -2.30. The van der Waals surface area contributed by atoms with E-state index >= 15 is 0 Å². The third-order valence-electron chi connectivity index (χ3n) is 2.72. The van der Waals surface area contributed by atoms with Gasteiger partial charge in [-0.05, 0) is 25.8 Å². The fourth-order valence-electron chi connectivity index (χ4n) is 1.94. The van der Waals surface area contributed by atoms with E-state index in [1.165, 1.54) is 6.42 Å². The maximum atomic E-state index is 4.34. The lowest BCUT2D eigenvalue weighted by molar-refractivity contribution is 0.423. The summed E-state index contributed by atoms with van der Waals surface area (Å²) in [7, 11) is 2.02. The Morgan fingerprint density at radius 2 is 2.19 bits per heavy atom. The van der Waals surface area contributed by atoms with Crippen molar-refractivity contribution in [2.24, 2.45) is 5.92 Å². The van der Waals surface area contributed by atoms with Crippen LogP contribution in [0.5, 0.6) is 0 Å². The fourth-order valence-corrected chi connectivity index (χ4v) is 1.94. The molecule has 1 heterocycles. The van der Waals surface area contributed by atoms with E-state index in [0.717, 1.165) is 25.2 Å². The van der Waals surface area contributed by atoms with Gasteiger partial charge in [-0.3, -0.25) is 4.68 Å².